The van der Waals surface area contributed by atoms with Crippen LogP contribution in [0.4, 0.5) is 0 Å². The van der Waals surface area contributed by atoms with Crippen molar-refractivity contribution in [3.63, 3.8) is 0 Å². The van der Waals surface area contributed by atoms with Crippen molar-refractivity contribution >= 4 is 11.8 Å². The van der Waals surface area contributed by atoms with Crippen LogP contribution < -0.4 is 0 Å². The Bertz CT molecular complexity index is 893. The van der Waals surface area contributed by atoms with Gasteiger partial charge in [0.25, 0.3) is 0 Å². The Labute approximate surface area is 164 Å². The van der Waals surface area contributed by atoms with Crippen LogP contribution in [0.25, 0.3) is 0 Å². The first-order valence-corrected chi connectivity index (χ1v) is 9.90. The molecule has 1 atom stereocenters. The molecule has 0 saturated carbocycles. The maximum atomic E-state index is 12.8. The normalized spacial score (nSPS) is 19.0. The Hall–Kier alpha value is -2.77. The molecule has 0 radical (unpaired) electrons. The van der Waals surface area contributed by atoms with Gasteiger partial charge in [-0.1, -0.05) is 0 Å². The van der Waals surface area contributed by atoms with Crippen LogP contribution in [-0.2, 0) is 29.1 Å². The van der Waals surface area contributed by atoms with Crippen LogP contribution in [0.3, 0.4) is 0 Å². The van der Waals surface area contributed by atoms with Crippen molar-refractivity contribution in [3.05, 3.63) is 41.2 Å². The highest BCUT2D eigenvalue weighted by molar-refractivity contribution is 5.77. The van der Waals surface area contributed by atoms with E-state index in [1.807, 2.05) is 33.8 Å². The first kappa shape index (κ1) is 18.6. The van der Waals surface area contributed by atoms with E-state index in [4.69, 9.17) is 4.98 Å². The maximum absolute atomic E-state index is 12.8. The highest BCUT2D eigenvalue weighted by atomic mass is 16.2. The number of fused-ring (bicyclic) bond motifs is 1. The molecule has 1 saturated heterocycles. The standard InChI is InChI=1S/C20H26N6O2/c1-14-10-22-25(12-14)9-6-19(28)26-7-3-4-18(26)20-21-11-16-13-24(15(2)27)8-5-17(16)23-20/h10-12,18H,3-9,13H2,1-2H3. The summed E-state index contributed by atoms with van der Waals surface area (Å²) in [5, 5.41) is 4.25. The summed E-state index contributed by atoms with van der Waals surface area (Å²) in [6, 6.07) is -0.0528. The van der Waals surface area contributed by atoms with Crippen LogP contribution in [0.5, 0.6) is 0 Å². The molecule has 8 heteroatoms. The highest BCUT2D eigenvalue weighted by Gasteiger charge is 2.32. The van der Waals surface area contributed by atoms with Crippen molar-refractivity contribution in [2.75, 3.05) is 13.1 Å². The summed E-state index contributed by atoms with van der Waals surface area (Å²) in [4.78, 5) is 37.5. The lowest BCUT2D eigenvalue weighted by Gasteiger charge is -2.28. The molecular weight excluding hydrogens is 356 g/mol. The lowest BCUT2D eigenvalue weighted by Crippen LogP contribution is -2.36. The zero-order chi connectivity index (χ0) is 19.7. The number of nitrogens with zero attached hydrogens (tertiary/aromatic N) is 6. The van der Waals surface area contributed by atoms with Gasteiger partial charge in [-0.2, -0.15) is 5.10 Å². The molecule has 0 aromatic carbocycles. The van der Waals surface area contributed by atoms with E-state index in [9.17, 15) is 9.59 Å². The van der Waals surface area contributed by atoms with Gasteiger partial charge in [-0.15, -0.1) is 0 Å². The van der Waals surface area contributed by atoms with Crippen LogP contribution in [0, 0.1) is 6.92 Å². The Morgan fingerprint density at radius 3 is 2.86 bits per heavy atom. The maximum Gasteiger partial charge on any atom is 0.225 e. The van der Waals surface area contributed by atoms with Gasteiger partial charge in [0, 0.05) is 63.9 Å². The van der Waals surface area contributed by atoms with E-state index in [0.717, 1.165) is 48.5 Å². The fraction of sp³-hybridized carbons (Fsp3) is 0.550. The van der Waals surface area contributed by atoms with Gasteiger partial charge in [0.05, 0.1) is 17.9 Å². The van der Waals surface area contributed by atoms with E-state index in [1.54, 1.807) is 13.1 Å². The molecule has 8 nitrogen and oxygen atoms in total. The Morgan fingerprint density at radius 2 is 2.11 bits per heavy atom. The second-order valence-corrected chi connectivity index (χ2v) is 7.67. The predicted molar refractivity (Wildman–Crippen MR) is 102 cm³/mol. The van der Waals surface area contributed by atoms with Crippen LogP contribution >= 0.6 is 0 Å². The summed E-state index contributed by atoms with van der Waals surface area (Å²) in [6.45, 7) is 6.18. The third-order valence-electron chi connectivity index (χ3n) is 5.59. The Balaban J connectivity index is 1.44. The van der Waals surface area contributed by atoms with E-state index < -0.39 is 0 Å². The van der Waals surface area contributed by atoms with E-state index >= 15 is 0 Å². The fourth-order valence-corrected chi connectivity index (χ4v) is 4.04. The summed E-state index contributed by atoms with van der Waals surface area (Å²) < 4.78 is 1.81. The van der Waals surface area contributed by atoms with Crippen molar-refractivity contribution in [2.45, 2.75) is 58.7 Å². The smallest absolute Gasteiger partial charge is 0.225 e. The second-order valence-electron chi connectivity index (χ2n) is 7.67. The fourth-order valence-electron chi connectivity index (χ4n) is 4.04. The molecule has 4 heterocycles. The van der Waals surface area contributed by atoms with Crippen LogP contribution in [0.1, 0.15) is 54.9 Å². The summed E-state index contributed by atoms with van der Waals surface area (Å²) in [7, 11) is 0. The average Bonchev–Trinajstić information content (AvgIpc) is 3.34. The van der Waals surface area contributed by atoms with Gasteiger partial charge in [-0.25, -0.2) is 9.97 Å². The number of aryl methyl sites for hydroxylation is 2. The number of hydrogen-bond acceptors (Lipinski definition) is 5. The van der Waals surface area contributed by atoms with E-state index in [2.05, 4.69) is 10.1 Å². The monoisotopic (exact) mass is 382 g/mol. The number of amides is 2. The molecule has 2 aromatic rings. The molecule has 0 aliphatic carbocycles. The number of carbonyl (C=O) groups excluding carboxylic acids is 2. The second kappa shape index (κ2) is 7.69. The van der Waals surface area contributed by atoms with Crippen molar-refractivity contribution in [3.8, 4) is 0 Å². The molecular formula is C20H26N6O2. The Morgan fingerprint density at radius 1 is 1.25 bits per heavy atom. The first-order valence-electron chi connectivity index (χ1n) is 9.90. The lowest BCUT2D eigenvalue weighted by atomic mass is 10.1. The number of aromatic nitrogens is 4. The van der Waals surface area contributed by atoms with Crippen LogP contribution in [-0.4, -0.2) is 54.5 Å². The number of rotatable bonds is 4. The number of likely N-dealkylation sites (tertiary alicyclic amines) is 1. The van der Waals surface area contributed by atoms with E-state index in [-0.39, 0.29) is 17.9 Å². The van der Waals surface area contributed by atoms with Gasteiger partial charge in [-0.3, -0.25) is 14.3 Å². The quantitative estimate of drug-likeness (QED) is 0.803. The van der Waals surface area contributed by atoms with Crippen LogP contribution in [0.15, 0.2) is 18.6 Å². The van der Waals surface area contributed by atoms with Gasteiger partial charge < -0.3 is 9.80 Å². The molecule has 0 bridgehead atoms. The van der Waals surface area contributed by atoms with Crippen LogP contribution in [0.2, 0.25) is 0 Å². The minimum Gasteiger partial charge on any atom is -0.338 e. The first-order chi connectivity index (χ1) is 13.5. The summed E-state index contributed by atoms with van der Waals surface area (Å²) in [5.41, 5.74) is 3.11. The topological polar surface area (TPSA) is 84.2 Å². The molecule has 2 aliphatic rings. The average molecular weight is 382 g/mol. The van der Waals surface area contributed by atoms with Crippen molar-refractivity contribution in [1.29, 1.82) is 0 Å². The molecule has 28 heavy (non-hydrogen) atoms. The van der Waals surface area contributed by atoms with Crippen molar-refractivity contribution in [2.24, 2.45) is 0 Å². The number of carbonyl (C=O) groups is 2. The minimum absolute atomic E-state index is 0.0528. The highest BCUT2D eigenvalue weighted by Crippen LogP contribution is 2.31. The number of hydrogen-bond donors (Lipinski definition) is 0. The third-order valence-corrected chi connectivity index (χ3v) is 5.59. The third kappa shape index (κ3) is 3.76. The van der Waals surface area contributed by atoms with Crippen molar-refractivity contribution in [1.82, 2.24) is 29.5 Å². The van der Waals surface area contributed by atoms with Crippen molar-refractivity contribution < 1.29 is 9.59 Å². The molecule has 1 unspecified atom stereocenters. The largest absolute Gasteiger partial charge is 0.338 e. The summed E-state index contributed by atoms with van der Waals surface area (Å²) in [6.07, 6.45) is 8.62. The van der Waals surface area contributed by atoms with E-state index in [1.165, 1.54) is 0 Å². The summed E-state index contributed by atoms with van der Waals surface area (Å²) >= 11 is 0. The molecule has 1 fully saturated rings. The van der Waals surface area contributed by atoms with Gasteiger partial charge in [0.15, 0.2) is 5.82 Å². The zero-order valence-corrected chi connectivity index (χ0v) is 16.5. The molecule has 0 spiro atoms. The van der Waals surface area contributed by atoms with Gasteiger partial charge in [0.1, 0.15) is 0 Å². The molecule has 2 amide bonds. The zero-order valence-electron chi connectivity index (χ0n) is 16.5. The molecule has 2 aliphatic heterocycles. The molecule has 0 N–H and O–H groups in total. The van der Waals surface area contributed by atoms with Gasteiger partial charge in [-0.05, 0) is 25.3 Å². The molecule has 148 valence electrons. The predicted octanol–water partition coefficient (Wildman–Crippen LogP) is 1.64. The molecule has 4 rings (SSSR count). The minimum atomic E-state index is -0.0528. The van der Waals surface area contributed by atoms with Gasteiger partial charge >= 0.3 is 0 Å². The summed E-state index contributed by atoms with van der Waals surface area (Å²) in [5.74, 6) is 0.935. The molecule has 2 aromatic heterocycles. The van der Waals surface area contributed by atoms with Gasteiger partial charge in [0.2, 0.25) is 11.8 Å². The Kier molecular flexibility index (Phi) is 5.11. The van der Waals surface area contributed by atoms with E-state index in [0.29, 0.717) is 26.1 Å². The SMILES string of the molecule is CC(=O)N1CCc2nc(C3CCCN3C(=O)CCn3cc(C)cn3)ncc2C1. The lowest BCUT2D eigenvalue weighted by molar-refractivity contribution is -0.132.